The number of anilines is 1. The molecule has 1 saturated carbocycles. The lowest BCUT2D eigenvalue weighted by Gasteiger charge is -2.39. The monoisotopic (exact) mass is 424 g/mol. The lowest BCUT2D eigenvalue weighted by atomic mass is 9.83. The van der Waals surface area contributed by atoms with E-state index in [9.17, 15) is 22.8 Å². The number of rotatable bonds is 3. The predicted molar refractivity (Wildman–Crippen MR) is 105 cm³/mol. The Labute approximate surface area is 173 Å². The molecule has 164 valence electrons. The molecular formula is C22H27F3N2O3. The van der Waals surface area contributed by atoms with Crippen LogP contribution in [0.4, 0.5) is 18.9 Å². The van der Waals surface area contributed by atoms with E-state index in [1.54, 1.807) is 6.92 Å². The number of hydrogen-bond acceptors (Lipinski definition) is 3. The summed E-state index contributed by atoms with van der Waals surface area (Å²) in [4.78, 5) is 27.7. The molecule has 8 heteroatoms. The van der Waals surface area contributed by atoms with Crippen LogP contribution in [-0.4, -0.2) is 43.0 Å². The first-order valence-corrected chi connectivity index (χ1v) is 10.6. The van der Waals surface area contributed by atoms with E-state index in [1.807, 2.05) is 4.90 Å². The molecule has 0 radical (unpaired) electrons. The summed E-state index contributed by atoms with van der Waals surface area (Å²) in [5.41, 5.74) is 0.0669. The fourth-order valence-electron chi connectivity index (χ4n) is 5.22. The van der Waals surface area contributed by atoms with Crippen LogP contribution in [0.1, 0.15) is 36.8 Å². The minimum Gasteiger partial charge on any atom is -0.381 e. The lowest BCUT2D eigenvalue weighted by Crippen LogP contribution is -2.50. The van der Waals surface area contributed by atoms with Crippen molar-refractivity contribution in [2.24, 2.45) is 23.7 Å². The van der Waals surface area contributed by atoms with Crippen LogP contribution >= 0.6 is 0 Å². The maximum atomic E-state index is 13.0. The van der Waals surface area contributed by atoms with Crippen molar-refractivity contribution in [3.8, 4) is 0 Å². The summed E-state index contributed by atoms with van der Waals surface area (Å²) < 4.78 is 44.1. The third kappa shape index (κ3) is 4.19. The SMILES string of the molecule is Cc1cc(C(F)(F)F)ccc1NC(=O)C1[C@@H]2CC[C@@H]1CN(C(=O)[C@H]1CCCOC1)C2. The first kappa shape index (κ1) is 21.2. The van der Waals surface area contributed by atoms with Crippen LogP contribution in [0.15, 0.2) is 18.2 Å². The van der Waals surface area contributed by atoms with Crippen LogP contribution in [0.5, 0.6) is 0 Å². The minimum absolute atomic E-state index is 0.0849. The molecule has 4 rings (SSSR count). The molecule has 3 fully saturated rings. The average Bonchev–Trinajstić information content (AvgIpc) is 2.98. The van der Waals surface area contributed by atoms with E-state index in [1.165, 1.54) is 6.07 Å². The number of halogens is 3. The highest BCUT2D eigenvalue weighted by atomic mass is 19.4. The van der Waals surface area contributed by atoms with Gasteiger partial charge < -0.3 is 15.0 Å². The Morgan fingerprint density at radius 3 is 2.40 bits per heavy atom. The van der Waals surface area contributed by atoms with Crippen molar-refractivity contribution in [1.82, 2.24) is 4.90 Å². The maximum Gasteiger partial charge on any atom is 0.416 e. The zero-order valence-corrected chi connectivity index (χ0v) is 17.0. The van der Waals surface area contributed by atoms with Gasteiger partial charge in [0, 0.05) is 31.3 Å². The van der Waals surface area contributed by atoms with Gasteiger partial charge in [-0.1, -0.05) is 0 Å². The number of ether oxygens (including phenoxy) is 1. The van der Waals surface area contributed by atoms with Gasteiger partial charge in [-0.05, 0) is 68.2 Å². The number of alkyl halides is 3. The van der Waals surface area contributed by atoms with Gasteiger partial charge in [-0.15, -0.1) is 0 Å². The number of aryl methyl sites for hydroxylation is 1. The number of nitrogens with zero attached hydrogens (tertiary/aromatic N) is 1. The zero-order valence-electron chi connectivity index (χ0n) is 17.0. The maximum absolute atomic E-state index is 13.0. The van der Waals surface area contributed by atoms with Crippen molar-refractivity contribution >= 4 is 17.5 Å². The van der Waals surface area contributed by atoms with Crippen LogP contribution in [0, 0.1) is 30.6 Å². The molecule has 30 heavy (non-hydrogen) atoms. The third-order valence-electron chi connectivity index (χ3n) is 6.77. The van der Waals surface area contributed by atoms with Crippen molar-refractivity contribution in [2.75, 3.05) is 31.6 Å². The number of likely N-dealkylation sites (tertiary alicyclic amines) is 1. The van der Waals surface area contributed by atoms with Crippen molar-refractivity contribution in [3.63, 3.8) is 0 Å². The molecule has 1 aliphatic carbocycles. The molecule has 3 aliphatic rings. The Balaban J connectivity index is 1.41. The van der Waals surface area contributed by atoms with Gasteiger partial charge in [-0.2, -0.15) is 13.2 Å². The van der Waals surface area contributed by atoms with Gasteiger partial charge in [0.05, 0.1) is 18.1 Å². The Kier molecular flexibility index (Phi) is 5.79. The predicted octanol–water partition coefficient (Wildman–Crippen LogP) is 3.86. The van der Waals surface area contributed by atoms with E-state index in [0.29, 0.717) is 37.6 Å². The lowest BCUT2D eigenvalue weighted by molar-refractivity contribution is -0.144. The molecule has 3 atom stereocenters. The molecule has 5 nitrogen and oxygen atoms in total. The number of benzene rings is 1. The summed E-state index contributed by atoms with van der Waals surface area (Å²) in [5, 5.41) is 2.84. The summed E-state index contributed by atoms with van der Waals surface area (Å²) in [5.74, 6) is -0.141. The number of fused-ring (bicyclic) bond motifs is 2. The molecule has 2 amide bonds. The number of piperidine rings is 1. The Bertz CT molecular complexity index is 806. The molecule has 1 N–H and O–H groups in total. The zero-order chi connectivity index (χ0) is 21.5. The molecule has 2 saturated heterocycles. The largest absolute Gasteiger partial charge is 0.416 e. The third-order valence-corrected chi connectivity index (χ3v) is 6.77. The van der Waals surface area contributed by atoms with Crippen molar-refractivity contribution in [3.05, 3.63) is 29.3 Å². The molecule has 0 aromatic heterocycles. The molecule has 1 aromatic carbocycles. The highest BCUT2D eigenvalue weighted by Crippen LogP contribution is 2.43. The van der Waals surface area contributed by atoms with Gasteiger partial charge in [-0.25, -0.2) is 0 Å². The van der Waals surface area contributed by atoms with E-state index < -0.39 is 11.7 Å². The van der Waals surface area contributed by atoms with Crippen LogP contribution in [0.25, 0.3) is 0 Å². The van der Waals surface area contributed by atoms with E-state index in [0.717, 1.165) is 37.8 Å². The van der Waals surface area contributed by atoms with E-state index >= 15 is 0 Å². The van der Waals surface area contributed by atoms with Crippen LogP contribution < -0.4 is 5.32 Å². The van der Waals surface area contributed by atoms with Gasteiger partial charge in [0.2, 0.25) is 11.8 Å². The van der Waals surface area contributed by atoms with E-state index in [2.05, 4.69) is 5.32 Å². The summed E-state index contributed by atoms with van der Waals surface area (Å²) in [6.45, 7) is 3.88. The van der Waals surface area contributed by atoms with Gasteiger partial charge in [0.1, 0.15) is 0 Å². The fraction of sp³-hybridized carbons (Fsp3) is 0.636. The van der Waals surface area contributed by atoms with Gasteiger partial charge in [0.25, 0.3) is 0 Å². The van der Waals surface area contributed by atoms with Crippen molar-refractivity contribution in [2.45, 2.75) is 38.8 Å². The van der Waals surface area contributed by atoms with Crippen molar-refractivity contribution < 1.29 is 27.5 Å². The van der Waals surface area contributed by atoms with E-state index in [4.69, 9.17) is 4.74 Å². The minimum atomic E-state index is -4.41. The summed E-state index contributed by atoms with van der Waals surface area (Å²) in [7, 11) is 0. The summed E-state index contributed by atoms with van der Waals surface area (Å²) >= 11 is 0. The smallest absolute Gasteiger partial charge is 0.381 e. The molecular weight excluding hydrogens is 397 g/mol. The molecule has 2 aliphatic heterocycles. The van der Waals surface area contributed by atoms with Crippen LogP contribution in [0.3, 0.4) is 0 Å². The second-order valence-corrected chi connectivity index (χ2v) is 8.80. The van der Waals surface area contributed by atoms with Crippen LogP contribution in [-0.2, 0) is 20.5 Å². The van der Waals surface area contributed by atoms with E-state index in [-0.39, 0.29) is 35.5 Å². The topological polar surface area (TPSA) is 58.6 Å². The van der Waals surface area contributed by atoms with Gasteiger partial charge in [0.15, 0.2) is 0 Å². The highest BCUT2D eigenvalue weighted by Gasteiger charge is 2.47. The molecule has 2 bridgehead atoms. The number of hydrogen-bond donors (Lipinski definition) is 1. The first-order valence-electron chi connectivity index (χ1n) is 10.6. The fourth-order valence-corrected chi connectivity index (χ4v) is 5.22. The van der Waals surface area contributed by atoms with Gasteiger partial charge in [-0.3, -0.25) is 9.59 Å². The van der Waals surface area contributed by atoms with Gasteiger partial charge >= 0.3 is 6.18 Å². The second kappa shape index (κ2) is 8.21. The highest BCUT2D eigenvalue weighted by molar-refractivity contribution is 5.94. The Morgan fingerprint density at radius 2 is 1.83 bits per heavy atom. The summed E-state index contributed by atoms with van der Waals surface area (Å²) in [6, 6.07) is 3.36. The number of nitrogens with one attached hydrogen (secondary N) is 1. The van der Waals surface area contributed by atoms with Crippen molar-refractivity contribution in [1.29, 1.82) is 0 Å². The average molecular weight is 424 g/mol. The van der Waals surface area contributed by atoms with Crippen LogP contribution in [0.2, 0.25) is 0 Å². The number of amides is 2. The molecule has 2 heterocycles. The standard InChI is InChI=1S/C22H27F3N2O3/c1-13-9-17(22(23,24)25)6-7-18(13)26-20(28)19-14-4-5-15(19)11-27(10-14)21(29)16-3-2-8-30-12-16/h6-7,9,14-16,19H,2-5,8,10-12H2,1H3,(H,26,28)/t14-,15-,16+/m1/s1. The molecule has 1 aromatic rings. The quantitative estimate of drug-likeness (QED) is 0.802. The molecule has 0 spiro atoms. The number of carbonyl (C=O) groups is 2. The second-order valence-electron chi connectivity index (χ2n) is 8.80. The normalized spacial score (nSPS) is 29.0. The number of carbonyl (C=O) groups excluding carboxylic acids is 2. The summed E-state index contributed by atoms with van der Waals surface area (Å²) in [6.07, 6.45) is -0.884. The Morgan fingerprint density at radius 1 is 1.13 bits per heavy atom. The molecule has 0 unspecified atom stereocenters. The first-order chi connectivity index (χ1) is 14.2. The Hall–Kier alpha value is -2.09.